The Hall–Kier alpha value is -1.08. The van der Waals surface area contributed by atoms with Crippen LogP contribution in [-0.4, -0.2) is 17.9 Å². The summed E-state index contributed by atoms with van der Waals surface area (Å²) in [5.74, 6) is 0. The number of hydrogen-bond acceptors (Lipinski definition) is 2. The van der Waals surface area contributed by atoms with E-state index in [1.54, 1.807) is 0 Å². The Morgan fingerprint density at radius 1 is 0.933 bits per heavy atom. The van der Waals surface area contributed by atoms with E-state index in [1.165, 1.54) is 0 Å². The van der Waals surface area contributed by atoms with Crippen LogP contribution in [0.5, 0.6) is 0 Å². The first-order valence-electron chi connectivity index (χ1n) is 3.78. The molecule has 15 heavy (non-hydrogen) atoms. The van der Waals surface area contributed by atoms with Crippen molar-refractivity contribution >= 4 is 0 Å². The molecule has 0 N–H and O–H groups in total. The molecule has 1 aliphatic heterocycles. The zero-order valence-electron chi connectivity index (χ0n) is 7.66. The Morgan fingerprint density at radius 3 is 1.47 bits per heavy atom. The van der Waals surface area contributed by atoms with Crippen molar-refractivity contribution in [2.45, 2.75) is 31.7 Å². The molecule has 0 saturated heterocycles. The molecule has 0 atom stereocenters. The van der Waals surface area contributed by atoms with Gasteiger partial charge in [0.15, 0.2) is 0 Å². The molecular formula is C7H6F6N2. The van der Waals surface area contributed by atoms with E-state index in [4.69, 9.17) is 0 Å². The maximum absolute atomic E-state index is 12.4. The molecule has 0 aromatic heterocycles. The first kappa shape index (κ1) is 12.0. The second-order valence-electron chi connectivity index (χ2n) is 3.12. The van der Waals surface area contributed by atoms with E-state index in [0.717, 1.165) is 13.8 Å². The number of hydrogen-bond donors (Lipinski definition) is 0. The maximum Gasteiger partial charge on any atom is 0.428 e. The van der Waals surface area contributed by atoms with E-state index in [9.17, 15) is 26.3 Å². The van der Waals surface area contributed by atoms with Crippen LogP contribution in [0.1, 0.15) is 13.8 Å². The van der Waals surface area contributed by atoms with Crippen molar-refractivity contribution in [2.75, 3.05) is 0 Å². The number of halogens is 6. The molecule has 8 heteroatoms. The smallest absolute Gasteiger partial charge is 0.167 e. The van der Waals surface area contributed by atoms with E-state index < -0.39 is 23.5 Å². The molecule has 0 unspecified atom stereocenters. The van der Waals surface area contributed by atoms with Gasteiger partial charge in [-0.2, -0.15) is 36.6 Å². The van der Waals surface area contributed by atoms with Crippen LogP contribution >= 0.6 is 0 Å². The summed E-state index contributed by atoms with van der Waals surface area (Å²) in [6, 6.07) is 0. The molecule has 0 radical (unpaired) electrons. The summed E-state index contributed by atoms with van der Waals surface area (Å²) in [7, 11) is 0. The van der Waals surface area contributed by atoms with Gasteiger partial charge in [0, 0.05) is 0 Å². The van der Waals surface area contributed by atoms with Gasteiger partial charge in [-0.25, -0.2) is 0 Å². The predicted octanol–water partition coefficient (Wildman–Crippen LogP) is 3.61. The highest BCUT2D eigenvalue weighted by Gasteiger charge is 2.74. The highest BCUT2D eigenvalue weighted by molar-refractivity contribution is 5.32. The Labute approximate surface area is 80.7 Å². The minimum absolute atomic E-state index is 0.357. The molecule has 0 aliphatic carbocycles. The van der Waals surface area contributed by atoms with Crippen molar-refractivity contribution in [3.63, 3.8) is 0 Å². The Kier molecular flexibility index (Phi) is 2.36. The van der Waals surface area contributed by atoms with Crippen LogP contribution in [0.4, 0.5) is 26.3 Å². The lowest BCUT2D eigenvalue weighted by Gasteiger charge is -2.30. The number of allylic oxidation sites excluding steroid dienone is 1. The summed E-state index contributed by atoms with van der Waals surface area (Å²) in [6.45, 7) is 1.79. The Balaban J connectivity index is 3.44. The third-order valence-electron chi connectivity index (χ3n) is 2.26. The molecule has 0 amide bonds. The highest BCUT2D eigenvalue weighted by Crippen LogP contribution is 2.53. The lowest BCUT2D eigenvalue weighted by Crippen LogP contribution is -2.55. The first-order valence-corrected chi connectivity index (χ1v) is 3.78. The summed E-state index contributed by atoms with van der Waals surface area (Å²) >= 11 is 0. The van der Waals surface area contributed by atoms with E-state index in [2.05, 4.69) is 10.2 Å². The van der Waals surface area contributed by atoms with Crippen molar-refractivity contribution in [3.05, 3.63) is 11.3 Å². The van der Waals surface area contributed by atoms with Crippen LogP contribution in [0, 0.1) is 0 Å². The zero-order chi connectivity index (χ0) is 12.1. The monoisotopic (exact) mass is 232 g/mol. The molecular weight excluding hydrogens is 226 g/mol. The second-order valence-corrected chi connectivity index (χ2v) is 3.12. The molecule has 2 nitrogen and oxygen atoms in total. The van der Waals surface area contributed by atoms with E-state index in [1.807, 2.05) is 0 Å². The zero-order valence-corrected chi connectivity index (χ0v) is 7.66. The van der Waals surface area contributed by atoms with Gasteiger partial charge in [-0.15, -0.1) is 0 Å². The first-order chi connectivity index (χ1) is 6.54. The van der Waals surface area contributed by atoms with E-state index >= 15 is 0 Å². The summed E-state index contributed by atoms with van der Waals surface area (Å²) in [4.78, 5) is 0. The molecule has 0 aromatic rings. The second kappa shape index (κ2) is 2.96. The average Bonchev–Trinajstić information content (AvgIpc) is 2.26. The summed E-state index contributed by atoms with van der Waals surface area (Å²) in [6.07, 6.45) is -11.1. The molecule has 0 saturated carbocycles. The number of nitrogens with zero attached hydrogens (tertiary/aromatic N) is 2. The van der Waals surface area contributed by atoms with Crippen molar-refractivity contribution in [1.82, 2.24) is 0 Å². The summed E-state index contributed by atoms with van der Waals surface area (Å²) in [5, 5.41) is 5.24. The van der Waals surface area contributed by atoms with Gasteiger partial charge in [0.05, 0.1) is 5.70 Å². The predicted molar refractivity (Wildman–Crippen MR) is 38.1 cm³/mol. The highest BCUT2D eigenvalue weighted by atomic mass is 19.4. The standard InChI is InChI=1S/C7H6F6N2/c1-3-4(2)14-15-5(3,6(8,9)10)7(11,12)13/h1-2H3. The third kappa shape index (κ3) is 1.42. The molecule has 0 spiro atoms. The molecule has 0 fully saturated rings. The van der Waals surface area contributed by atoms with Gasteiger partial charge in [0.2, 0.25) is 0 Å². The molecule has 0 bridgehead atoms. The van der Waals surface area contributed by atoms with Crippen LogP contribution in [0.3, 0.4) is 0 Å². The van der Waals surface area contributed by atoms with Gasteiger partial charge in [0.1, 0.15) is 0 Å². The fourth-order valence-corrected chi connectivity index (χ4v) is 1.26. The minimum atomic E-state index is -5.53. The third-order valence-corrected chi connectivity index (χ3v) is 2.26. The van der Waals surface area contributed by atoms with Crippen LogP contribution in [-0.2, 0) is 0 Å². The van der Waals surface area contributed by atoms with Gasteiger partial charge in [-0.05, 0) is 19.4 Å². The number of alkyl halides is 6. The maximum atomic E-state index is 12.4. The summed E-state index contributed by atoms with van der Waals surface area (Å²) < 4.78 is 74.6. The van der Waals surface area contributed by atoms with Crippen LogP contribution < -0.4 is 0 Å². The quantitative estimate of drug-likeness (QED) is 0.570. The van der Waals surface area contributed by atoms with Crippen molar-refractivity contribution in [2.24, 2.45) is 10.2 Å². The van der Waals surface area contributed by atoms with Gasteiger partial charge >= 0.3 is 12.4 Å². The van der Waals surface area contributed by atoms with Gasteiger partial charge in [0.25, 0.3) is 5.54 Å². The van der Waals surface area contributed by atoms with Gasteiger partial charge in [-0.1, -0.05) is 0 Å². The Bertz CT molecular complexity index is 320. The average molecular weight is 232 g/mol. The fourth-order valence-electron chi connectivity index (χ4n) is 1.26. The SMILES string of the molecule is CC1=C(C)C(C(F)(F)F)(C(F)(F)F)N=N1. The lowest BCUT2D eigenvalue weighted by molar-refractivity contribution is -0.282. The molecule has 1 heterocycles. The number of rotatable bonds is 0. The molecule has 1 rings (SSSR count). The van der Waals surface area contributed by atoms with E-state index in [0.29, 0.717) is 0 Å². The van der Waals surface area contributed by atoms with Crippen LogP contribution in [0.25, 0.3) is 0 Å². The van der Waals surface area contributed by atoms with Gasteiger partial charge < -0.3 is 0 Å². The van der Waals surface area contributed by atoms with Crippen molar-refractivity contribution < 1.29 is 26.3 Å². The Morgan fingerprint density at radius 2 is 1.33 bits per heavy atom. The number of azo groups is 1. The summed E-state index contributed by atoms with van der Waals surface area (Å²) in [5.41, 5.74) is -5.45. The van der Waals surface area contributed by atoms with Crippen molar-refractivity contribution in [3.8, 4) is 0 Å². The van der Waals surface area contributed by atoms with Crippen LogP contribution in [0.15, 0.2) is 21.5 Å². The molecule has 86 valence electrons. The normalized spacial score (nSPS) is 21.3. The minimum Gasteiger partial charge on any atom is -0.167 e. The van der Waals surface area contributed by atoms with Gasteiger partial charge in [-0.3, -0.25) is 0 Å². The van der Waals surface area contributed by atoms with Crippen molar-refractivity contribution in [1.29, 1.82) is 0 Å². The fraction of sp³-hybridized carbons (Fsp3) is 0.714. The topological polar surface area (TPSA) is 24.7 Å². The van der Waals surface area contributed by atoms with Crippen LogP contribution in [0.2, 0.25) is 0 Å². The largest absolute Gasteiger partial charge is 0.428 e. The molecule has 1 aliphatic rings. The van der Waals surface area contributed by atoms with E-state index in [-0.39, 0.29) is 5.70 Å². The lowest BCUT2D eigenvalue weighted by atomic mass is 9.90. The molecule has 0 aromatic carbocycles.